The maximum atomic E-state index is 10.8. The molecule has 0 aliphatic carbocycles. The second-order valence-corrected chi connectivity index (χ2v) is 3.70. The highest BCUT2D eigenvalue weighted by Gasteiger charge is 2.01. The van der Waals surface area contributed by atoms with Crippen LogP contribution in [0.4, 0.5) is 0 Å². The summed E-state index contributed by atoms with van der Waals surface area (Å²) in [7, 11) is 1.24. The van der Waals surface area contributed by atoms with Crippen molar-refractivity contribution in [3.8, 4) is 0 Å². The summed E-state index contributed by atoms with van der Waals surface area (Å²) in [5, 5.41) is 3.16. The molecule has 0 unspecified atom stereocenters. The number of hydrogen-bond acceptors (Lipinski definition) is 6. The summed E-state index contributed by atoms with van der Waals surface area (Å²) in [5.74, 6) is -1.12. The number of carbonyl (C=O) groups is 2. The van der Waals surface area contributed by atoms with Crippen molar-refractivity contribution in [2.75, 3.05) is 33.4 Å². The van der Waals surface area contributed by atoms with Crippen LogP contribution >= 0.6 is 0 Å². The Morgan fingerprint density at radius 2 is 1.60 bits per heavy atom. The highest BCUT2D eigenvalue weighted by molar-refractivity contribution is 5.91. The molecule has 0 atom stereocenters. The zero-order valence-corrected chi connectivity index (χ0v) is 13.1. The molecule has 0 radical (unpaired) electrons. The van der Waals surface area contributed by atoms with Crippen LogP contribution in [-0.2, 0) is 23.8 Å². The average Bonchev–Trinajstić information content (AvgIpc) is 2.48. The molecule has 1 rings (SSSR count). The van der Waals surface area contributed by atoms with Crippen molar-refractivity contribution in [2.24, 2.45) is 0 Å². The first-order valence-corrected chi connectivity index (χ1v) is 6.81. The molecule has 1 fully saturated rings. The van der Waals surface area contributed by atoms with Gasteiger partial charge >= 0.3 is 11.9 Å². The highest BCUT2D eigenvalue weighted by atomic mass is 16.5. The fourth-order valence-electron chi connectivity index (χ4n) is 0.991. The Morgan fingerprint density at radius 1 is 1.10 bits per heavy atom. The van der Waals surface area contributed by atoms with Crippen molar-refractivity contribution >= 4 is 11.9 Å². The molecule has 1 saturated heterocycles. The smallest absolute Gasteiger partial charge is 0.331 e. The number of morpholine rings is 1. The van der Waals surface area contributed by atoms with Gasteiger partial charge < -0.3 is 19.5 Å². The molecule has 1 aliphatic rings. The third-order valence-corrected chi connectivity index (χ3v) is 1.75. The van der Waals surface area contributed by atoms with E-state index in [9.17, 15) is 9.59 Å². The van der Waals surface area contributed by atoms with Crippen LogP contribution < -0.4 is 5.32 Å². The van der Waals surface area contributed by atoms with Gasteiger partial charge in [0.1, 0.15) is 0 Å². The maximum absolute atomic E-state index is 10.8. The van der Waals surface area contributed by atoms with E-state index in [-0.39, 0.29) is 6.10 Å². The van der Waals surface area contributed by atoms with Gasteiger partial charge in [-0.15, -0.1) is 0 Å². The second kappa shape index (κ2) is 15.7. The van der Waals surface area contributed by atoms with Crippen molar-refractivity contribution in [3.05, 3.63) is 12.2 Å². The lowest BCUT2D eigenvalue weighted by Crippen LogP contribution is -2.30. The van der Waals surface area contributed by atoms with Gasteiger partial charge in [-0.05, 0) is 13.8 Å². The Hall–Kier alpha value is -1.40. The maximum Gasteiger partial charge on any atom is 0.331 e. The number of esters is 2. The Bertz CT molecular complexity index is 261. The number of nitrogens with one attached hydrogen (secondary N) is 1. The van der Waals surface area contributed by atoms with E-state index in [1.165, 1.54) is 7.11 Å². The molecule has 0 saturated carbocycles. The SMILES string of the molecule is C1COCCN1.CC.COC(=O)/C=C/C(=O)OC(C)C. The minimum Gasteiger partial charge on any atom is -0.466 e. The van der Waals surface area contributed by atoms with Crippen molar-refractivity contribution in [1.29, 1.82) is 0 Å². The topological polar surface area (TPSA) is 73.9 Å². The molecule has 118 valence electrons. The van der Waals surface area contributed by atoms with E-state index < -0.39 is 11.9 Å². The Balaban J connectivity index is 0. The van der Waals surface area contributed by atoms with Crippen molar-refractivity contribution in [3.63, 3.8) is 0 Å². The molecule has 6 nitrogen and oxygen atoms in total. The average molecular weight is 289 g/mol. The first kappa shape index (κ1) is 20.9. The standard InChI is InChI=1S/C8H12O4.C4H9NO.C2H6/c1-6(2)12-8(10)5-4-7(9)11-3;1-3-6-4-2-5-1;1-2/h4-6H,1-3H3;5H,1-4H2;1-2H3/b5-4+;;. The van der Waals surface area contributed by atoms with Crippen LogP contribution in [0.15, 0.2) is 12.2 Å². The van der Waals surface area contributed by atoms with Crippen LogP contribution in [0.1, 0.15) is 27.7 Å². The molecule has 1 aliphatic heterocycles. The number of hydrogen-bond donors (Lipinski definition) is 1. The highest BCUT2D eigenvalue weighted by Crippen LogP contribution is 1.90. The van der Waals surface area contributed by atoms with Crippen LogP contribution in [0.5, 0.6) is 0 Å². The summed E-state index contributed by atoms with van der Waals surface area (Å²) in [6.45, 7) is 11.3. The third-order valence-electron chi connectivity index (χ3n) is 1.75. The summed E-state index contributed by atoms with van der Waals surface area (Å²) in [5.41, 5.74) is 0. The van der Waals surface area contributed by atoms with Crippen molar-refractivity contribution in [2.45, 2.75) is 33.8 Å². The van der Waals surface area contributed by atoms with E-state index >= 15 is 0 Å². The fraction of sp³-hybridized carbons (Fsp3) is 0.714. The molecule has 0 aromatic rings. The van der Waals surface area contributed by atoms with Gasteiger partial charge in [0.05, 0.1) is 26.4 Å². The number of rotatable bonds is 3. The van der Waals surface area contributed by atoms with Crippen molar-refractivity contribution < 1.29 is 23.8 Å². The molecule has 0 spiro atoms. The van der Waals surface area contributed by atoms with E-state index in [1.54, 1.807) is 13.8 Å². The van der Waals surface area contributed by atoms with Gasteiger partial charge in [0.15, 0.2) is 0 Å². The number of ether oxygens (including phenoxy) is 3. The van der Waals surface area contributed by atoms with Gasteiger partial charge in [-0.25, -0.2) is 9.59 Å². The van der Waals surface area contributed by atoms with Crippen LogP contribution in [0.2, 0.25) is 0 Å². The molecular weight excluding hydrogens is 262 g/mol. The molecule has 1 heterocycles. The first-order valence-electron chi connectivity index (χ1n) is 6.81. The normalized spacial score (nSPS) is 13.7. The molecule has 20 heavy (non-hydrogen) atoms. The lowest BCUT2D eigenvalue weighted by atomic mass is 10.4. The van der Waals surface area contributed by atoms with Gasteiger partial charge in [0.2, 0.25) is 0 Å². The van der Waals surface area contributed by atoms with Gasteiger partial charge in [0, 0.05) is 25.2 Å². The van der Waals surface area contributed by atoms with Crippen molar-refractivity contribution in [1.82, 2.24) is 5.32 Å². The molecule has 0 aromatic heterocycles. The van der Waals surface area contributed by atoms with Gasteiger partial charge in [0.25, 0.3) is 0 Å². The molecule has 1 N–H and O–H groups in total. The summed E-state index contributed by atoms with van der Waals surface area (Å²) in [6, 6.07) is 0. The minimum absolute atomic E-state index is 0.181. The van der Waals surface area contributed by atoms with E-state index in [0.717, 1.165) is 38.5 Å². The van der Waals surface area contributed by atoms with E-state index in [4.69, 9.17) is 9.47 Å². The van der Waals surface area contributed by atoms with E-state index in [1.807, 2.05) is 13.8 Å². The van der Waals surface area contributed by atoms with E-state index in [2.05, 4.69) is 10.1 Å². The monoisotopic (exact) mass is 289 g/mol. The Labute approximate surface area is 121 Å². The molecular formula is C14H27NO5. The summed E-state index contributed by atoms with van der Waals surface area (Å²) < 4.78 is 14.0. The lowest BCUT2D eigenvalue weighted by Gasteiger charge is -2.10. The van der Waals surface area contributed by atoms with E-state index in [0.29, 0.717) is 0 Å². The predicted molar refractivity (Wildman–Crippen MR) is 77.4 cm³/mol. The zero-order valence-electron chi connectivity index (χ0n) is 13.1. The minimum atomic E-state index is -0.573. The Kier molecular flexibility index (Phi) is 16.4. The zero-order chi connectivity index (χ0) is 15.8. The van der Waals surface area contributed by atoms with Gasteiger partial charge in [-0.3, -0.25) is 0 Å². The predicted octanol–water partition coefficient (Wildman–Crippen LogP) is 1.30. The summed E-state index contributed by atoms with van der Waals surface area (Å²) in [4.78, 5) is 21.2. The molecule has 0 aromatic carbocycles. The van der Waals surface area contributed by atoms with Crippen LogP contribution in [0, 0.1) is 0 Å². The molecule has 6 heteroatoms. The lowest BCUT2D eigenvalue weighted by molar-refractivity contribution is -0.142. The fourth-order valence-corrected chi connectivity index (χ4v) is 0.991. The summed E-state index contributed by atoms with van der Waals surface area (Å²) in [6.07, 6.45) is 1.87. The van der Waals surface area contributed by atoms with Crippen LogP contribution in [-0.4, -0.2) is 51.5 Å². The van der Waals surface area contributed by atoms with Gasteiger partial charge in [-0.1, -0.05) is 13.8 Å². The first-order chi connectivity index (χ1) is 9.56. The van der Waals surface area contributed by atoms with Crippen LogP contribution in [0.25, 0.3) is 0 Å². The number of methoxy groups -OCH3 is 1. The Morgan fingerprint density at radius 3 is 1.90 bits per heavy atom. The second-order valence-electron chi connectivity index (χ2n) is 3.70. The largest absolute Gasteiger partial charge is 0.466 e. The number of carbonyl (C=O) groups excluding carboxylic acids is 2. The summed E-state index contributed by atoms with van der Waals surface area (Å²) >= 11 is 0. The van der Waals surface area contributed by atoms with Gasteiger partial charge in [-0.2, -0.15) is 0 Å². The molecule has 0 amide bonds. The quantitative estimate of drug-likeness (QED) is 0.623. The molecule has 0 bridgehead atoms. The third kappa shape index (κ3) is 16.6. The van der Waals surface area contributed by atoms with Crippen LogP contribution in [0.3, 0.4) is 0 Å².